The average molecular weight is 482 g/mol. The second kappa shape index (κ2) is 10.0. The molecule has 1 atom stereocenters. The van der Waals surface area contributed by atoms with Crippen LogP contribution in [-0.2, 0) is 25.8 Å². The number of para-hydroxylation sites is 1. The number of thiophene rings is 1. The zero-order chi connectivity index (χ0) is 23.3. The van der Waals surface area contributed by atoms with E-state index < -0.39 is 26.9 Å². The number of hydrogen-bond donors (Lipinski definition) is 3. The molecule has 2 aromatic heterocycles. The molecule has 7 nitrogen and oxygen atoms in total. The Morgan fingerprint density at radius 1 is 0.909 bits per heavy atom. The highest BCUT2D eigenvalue weighted by Crippen LogP contribution is 2.31. The molecule has 0 radical (unpaired) electrons. The summed E-state index contributed by atoms with van der Waals surface area (Å²) in [5.41, 5.74) is 2.05. The molecular formula is C24H23N3O4S2. The molecule has 2 heterocycles. The van der Waals surface area contributed by atoms with Crippen LogP contribution in [0.4, 0.5) is 0 Å². The van der Waals surface area contributed by atoms with Crippen LogP contribution in [0.3, 0.4) is 0 Å². The van der Waals surface area contributed by atoms with E-state index in [-0.39, 0.29) is 18.0 Å². The van der Waals surface area contributed by atoms with Crippen LogP contribution in [0.2, 0.25) is 0 Å². The lowest BCUT2D eigenvalue weighted by atomic mass is 10.1. The van der Waals surface area contributed by atoms with E-state index in [0.29, 0.717) is 11.3 Å². The van der Waals surface area contributed by atoms with Crippen LogP contribution < -0.4 is 10.6 Å². The minimum absolute atomic E-state index is 0.167. The van der Waals surface area contributed by atoms with Gasteiger partial charge in [0, 0.05) is 35.1 Å². The summed E-state index contributed by atoms with van der Waals surface area (Å²) in [5, 5.41) is 6.96. The molecule has 0 bridgehead atoms. The van der Waals surface area contributed by atoms with Gasteiger partial charge in [-0.15, -0.1) is 11.3 Å². The van der Waals surface area contributed by atoms with Gasteiger partial charge in [0.1, 0.15) is 5.25 Å². The van der Waals surface area contributed by atoms with E-state index in [1.54, 1.807) is 35.7 Å². The summed E-state index contributed by atoms with van der Waals surface area (Å²) in [6.07, 6.45) is 2.44. The molecule has 4 rings (SSSR count). The highest BCUT2D eigenvalue weighted by molar-refractivity contribution is 7.91. The van der Waals surface area contributed by atoms with Gasteiger partial charge < -0.3 is 15.6 Å². The number of carbonyl (C=O) groups excluding carboxylic acids is 2. The molecule has 0 saturated heterocycles. The minimum atomic E-state index is -3.75. The standard InChI is InChI=1S/C24H23N3O4S2/c28-23(25-13-12-17-15-26-20-10-5-4-9-19(17)20)24(29)27-16-22(21-11-6-14-32-21)33(30,31)18-7-2-1-3-8-18/h1-11,14-15,22,26H,12-13,16H2,(H,25,28)(H,27,29)/t22-/m0/s1. The van der Waals surface area contributed by atoms with Crippen molar-refractivity contribution in [3.05, 3.63) is 88.7 Å². The van der Waals surface area contributed by atoms with E-state index in [0.717, 1.165) is 16.5 Å². The predicted octanol–water partition coefficient (Wildman–Crippen LogP) is 3.22. The van der Waals surface area contributed by atoms with Crippen molar-refractivity contribution in [1.29, 1.82) is 0 Å². The number of aromatic nitrogens is 1. The van der Waals surface area contributed by atoms with Gasteiger partial charge >= 0.3 is 11.8 Å². The van der Waals surface area contributed by atoms with Crippen molar-refractivity contribution < 1.29 is 18.0 Å². The Kier molecular flexibility index (Phi) is 6.90. The van der Waals surface area contributed by atoms with Gasteiger partial charge in [0.15, 0.2) is 9.84 Å². The third kappa shape index (κ3) is 5.15. The molecule has 0 aliphatic rings. The largest absolute Gasteiger partial charge is 0.361 e. The molecular weight excluding hydrogens is 458 g/mol. The molecule has 4 aromatic rings. The van der Waals surface area contributed by atoms with E-state index >= 15 is 0 Å². The number of nitrogens with one attached hydrogen (secondary N) is 3. The average Bonchev–Trinajstić information content (AvgIpc) is 3.50. The molecule has 0 aliphatic heterocycles. The van der Waals surface area contributed by atoms with Crippen LogP contribution in [0, 0.1) is 0 Å². The molecule has 0 saturated carbocycles. The topological polar surface area (TPSA) is 108 Å². The van der Waals surface area contributed by atoms with E-state index in [1.807, 2.05) is 30.5 Å². The van der Waals surface area contributed by atoms with Crippen molar-refractivity contribution >= 4 is 43.9 Å². The highest BCUT2D eigenvalue weighted by atomic mass is 32.2. The lowest BCUT2D eigenvalue weighted by Crippen LogP contribution is -2.42. The van der Waals surface area contributed by atoms with E-state index in [9.17, 15) is 18.0 Å². The number of sulfone groups is 1. The number of fused-ring (bicyclic) bond motifs is 1. The number of H-pyrrole nitrogens is 1. The van der Waals surface area contributed by atoms with Gasteiger partial charge in [-0.1, -0.05) is 42.5 Å². The maximum Gasteiger partial charge on any atom is 0.309 e. The Bertz CT molecular complexity index is 1350. The molecule has 170 valence electrons. The van der Waals surface area contributed by atoms with Gasteiger partial charge in [-0.25, -0.2) is 8.42 Å². The Labute approximate surface area is 195 Å². The normalized spacial score (nSPS) is 12.4. The zero-order valence-corrected chi connectivity index (χ0v) is 19.3. The maximum absolute atomic E-state index is 13.2. The first-order chi connectivity index (χ1) is 16.0. The summed E-state index contributed by atoms with van der Waals surface area (Å²) in [6, 6.07) is 19.4. The number of benzene rings is 2. The number of rotatable bonds is 8. The van der Waals surface area contributed by atoms with Crippen molar-refractivity contribution in [2.45, 2.75) is 16.6 Å². The molecule has 0 aliphatic carbocycles. The summed E-state index contributed by atoms with van der Waals surface area (Å²) >= 11 is 1.29. The fourth-order valence-corrected chi connectivity index (χ4v) is 6.41. The van der Waals surface area contributed by atoms with Gasteiger partial charge in [-0.2, -0.15) is 0 Å². The van der Waals surface area contributed by atoms with E-state index in [1.165, 1.54) is 23.5 Å². The zero-order valence-electron chi connectivity index (χ0n) is 17.7. The smallest absolute Gasteiger partial charge is 0.309 e. The second-order valence-electron chi connectivity index (χ2n) is 7.44. The first-order valence-electron chi connectivity index (χ1n) is 10.4. The van der Waals surface area contributed by atoms with Crippen molar-refractivity contribution in [2.75, 3.05) is 13.1 Å². The predicted molar refractivity (Wildman–Crippen MR) is 129 cm³/mol. The van der Waals surface area contributed by atoms with Crippen LogP contribution >= 0.6 is 11.3 Å². The summed E-state index contributed by atoms with van der Waals surface area (Å²) in [6.45, 7) is 0.0806. The van der Waals surface area contributed by atoms with Crippen molar-refractivity contribution in [1.82, 2.24) is 15.6 Å². The number of aromatic amines is 1. The number of carbonyl (C=O) groups is 2. The van der Waals surface area contributed by atoms with Gasteiger partial charge in [0.25, 0.3) is 0 Å². The molecule has 2 amide bonds. The summed E-state index contributed by atoms with van der Waals surface area (Å²) in [4.78, 5) is 28.6. The Morgan fingerprint density at radius 2 is 1.64 bits per heavy atom. The molecule has 0 fully saturated rings. The fourth-order valence-electron chi connectivity index (χ4n) is 3.61. The lowest BCUT2D eigenvalue weighted by molar-refractivity contribution is -0.139. The van der Waals surface area contributed by atoms with E-state index in [4.69, 9.17) is 0 Å². The third-order valence-electron chi connectivity index (χ3n) is 5.32. The summed E-state index contributed by atoms with van der Waals surface area (Å²) < 4.78 is 26.4. The molecule has 0 spiro atoms. The highest BCUT2D eigenvalue weighted by Gasteiger charge is 2.31. The van der Waals surface area contributed by atoms with Gasteiger partial charge in [-0.3, -0.25) is 9.59 Å². The van der Waals surface area contributed by atoms with Crippen LogP contribution in [0.5, 0.6) is 0 Å². The van der Waals surface area contributed by atoms with Gasteiger partial charge in [0.2, 0.25) is 0 Å². The second-order valence-corrected chi connectivity index (χ2v) is 10.5. The maximum atomic E-state index is 13.2. The Hall–Kier alpha value is -3.43. The van der Waals surface area contributed by atoms with Crippen LogP contribution in [0.25, 0.3) is 10.9 Å². The quantitative estimate of drug-likeness (QED) is 0.336. The number of amides is 2. The summed E-state index contributed by atoms with van der Waals surface area (Å²) in [5.74, 6) is -1.66. The van der Waals surface area contributed by atoms with Crippen molar-refractivity contribution in [2.24, 2.45) is 0 Å². The first kappa shape index (κ1) is 22.8. The monoisotopic (exact) mass is 481 g/mol. The van der Waals surface area contributed by atoms with Gasteiger partial charge in [0.05, 0.1) is 4.90 Å². The van der Waals surface area contributed by atoms with Crippen LogP contribution in [0.1, 0.15) is 15.7 Å². The van der Waals surface area contributed by atoms with Crippen molar-refractivity contribution in [3.8, 4) is 0 Å². The Morgan fingerprint density at radius 3 is 2.39 bits per heavy atom. The molecule has 2 aromatic carbocycles. The number of hydrogen-bond acceptors (Lipinski definition) is 5. The molecule has 9 heteroatoms. The van der Waals surface area contributed by atoms with Crippen LogP contribution in [-0.4, -0.2) is 38.3 Å². The van der Waals surface area contributed by atoms with E-state index in [2.05, 4.69) is 15.6 Å². The minimum Gasteiger partial charge on any atom is -0.361 e. The van der Waals surface area contributed by atoms with Crippen molar-refractivity contribution in [3.63, 3.8) is 0 Å². The third-order valence-corrected chi connectivity index (χ3v) is 8.55. The van der Waals surface area contributed by atoms with Gasteiger partial charge in [-0.05, 0) is 41.6 Å². The summed E-state index contributed by atoms with van der Waals surface area (Å²) in [7, 11) is -3.75. The SMILES string of the molecule is O=C(NCCc1c[nH]c2ccccc12)C(=O)NC[C@@H](c1cccs1)S(=O)(=O)c1ccccc1. The fraction of sp³-hybridized carbons (Fsp3) is 0.167. The molecule has 0 unspecified atom stereocenters. The lowest BCUT2D eigenvalue weighted by Gasteiger charge is -2.17. The Balaban J connectivity index is 1.36. The van der Waals surface area contributed by atoms with Crippen LogP contribution in [0.15, 0.2) is 83.2 Å². The molecule has 33 heavy (non-hydrogen) atoms. The first-order valence-corrected chi connectivity index (χ1v) is 12.8. The molecule has 3 N–H and O–H groups in total.